The van der Waals surface area contributed by atoms with Crippen LogP contribution in [0.1, 0.15) is 41.4 Å². The van der Waals surface area contributed by atoms with Crippen molar-refractivity contribution in [2.24, 2.45) is 0 Å². The molecular weight excluding hydrogens is 388 g/mol. The number of benzene rings is 3. The molecule has 150 valence electrons. The number of carbonyl (C=O) groups excluding carboxylic acids is 4. The topological polar surface area (TPSA) is 96.0 Å². The van der Waals surface area contributed by atoms with Crippen LogP contribution in [0, 0.1) is 0 Å². The van der Waals surface area contributed by atoms with Crippen molar-refractivity contribution in [1.29, 1.82) is 0 Å². The van der Waals surface area contributed by atoms with Crippen LogP contribution >= 0.6 is 0 Å². The van der Waals surface area contributed by atoms with Crippen molar-refractivity contribution in [2.45, 2.75) is 0 Å². The Morgan fingerprint density at radius 1 is 0.600 bits per heavy atom. The van der Waals surface area contributed by atoms with Gasteiger partial charge >= 0.3 is 17.9 Å². The highest BCUT2D eigenvalue weighted by atomic mass is 16.5. The van der Waals surface area contributed by atoms with Gasteiger partial charge in [-0.25, -0.2) is 14.4 Å². The highest BCUT2D eigenvalue weighted by Crippen LogP contribution is 2.17. The van der Waals surface area contributed by atoms with E-state index in [1.165, 1.54) is 79.9 Å². The zero-order valence-electron chi connectivity index (χ0n) is 15.9. The van der Waals surface area contributed by atoms with E-state index in [0.29, 0.717) is 23.2 Å². The molecule has 0 amide bonds. The first kappa shape index (κ1) is 20.5. The number of hydrogen-bond acceptors (Lipinski definition) is 7. The first-order valence-electron chi connectivity index (χ1n) is 8.78. The Hall–Kier alpha value is -4.26. The van der Waals surface area contributed by atoms with Gasteiger partial charge in [0.1, 0.15) is 17.8 Å². The lowest BCUT2D eigenvalue weighted by atomic mass is 10.1. The average Bonchev–Trinajstić information content (AvgIpc) is 2.79. The van der Waals surface area contributed by atoms with Crippen LogP contribution in [0.25, 0.3) is 0 Å². The summed E-state index contributed by atoms with van der Waals surface area (Å²) in [5, 5.41) is 0. The van der Waals surface area contributed by atoms with Gasteiger partial charge in [0.25, 0.3) is 0 Å². The molecule has 7 heteroatoms. The van der Waals surface area contributed by atoms with E-state index in [1.54, 1.807) is 0 Å². The number of rotatable bonds is 6. The molecule has 3 aromatic rings. The molecule has 0 bridgehead atoms. The number of aldehydes is 1. The molecule has 0 aliphatic rings. The Kier molecular flexibility index (Phi) is 6.34. The molecule has 0 aromatic heterocycles. The number of esters is 3. The summed E-state index contributed by atoms with van der Waals surface area (Å²) in [6.07, 6.45) is 0.691. The van der Waals surface area contributed by atoms with E-state index in [4.69, 9.17) is 9.47 Å². The quantitative estimate of drug-likeness (QED) is 0.351. The standard InChI is InChI=1S/C23H16O7/c1-28-21(25)16-8-12-20(13-9-16)30-23(27)18-6-4-17(5-7-18)22(26)29-19-10-2-15(14-24)3-11-19/h2-14H,1H3. The molecule has 0 heterocycles. The lowest BCUT2D eigenvalue weighted by molar-refractivity contribution is 0.0600. The van der Waals surface area contributed by atoms with Crippen LogP contribution in [0.3, 0.4) is 0 Å². The average molecular weight is 404 g/mol. The molecule has 0 unspecified atom stereocenters. The van der Waals surface area contributed by atoms with Crippen LogP contribution in [-0.2, 0) is 4.74 Å². The first-order chi connectivity index (χ1) is 14.5. The third-order valence-corrected chi connectivity index (χ3v) is 4.07. The molecule has 0 aliphatic carbocycles. The molecule has 0 N–H and O–H groups in total. The van der Waals surface area contributed by atoms with Gasteiger partial charge in [-0.05, 0) is 72.8 Å². The molecule has 3 rings (SSSR count). The van der Waals surface area contributed by atoms with Gasteiger partial charge < -0.3 is 14.2 Å². The maximum Gasteiger partial charge on any atom is 0.343 e. The normalized spacial score (nSPS) is 10.0. The minimum Gasteiger partial charge on any atom is -0.465 e. The van der Waals surface area contributed by atoms with E-state index in [2.05, 4.69) is 4.74 Å². The molecule has 0 saturated carbocycles. The molecule has 0 saturated heterocycles. The monoisotopic (exact) mass is 404 g/mol. The highest BCUT2D eigenvalue weighted by molar-refractivity contribution is 5.95. The number of ether oxygens (including phenoxy) is 3. The SMILES string of the molecule is COC(=O)c1ccc(OC(=O)c2ccc(C(=O)Oc3ccc(C=O)cc3)cc2)cc1. The second kappa shape index (κ2) is 9.29. The minimum absolute atomic E-state index is 0.235. The van der Waals surface area contributed by atoms with Crippen molar-refractivity contribution in [3.05, 3.63) is 95.1 Å². The van der Waals surface area contributed by atoms with E-state index >= 15 is 0 Å². The van der Waals surface area contributed by atoms with Crippen molar-refractivity contribution in [1.82, 2.24) is 0 Å². The van der Waals surface area contributed by atoms with Crippen molar-refractivity contribution in [3.8, 4) is 11.5 Å². The molecular formula is C23H16O7. The molecule has 0 radical (unpaired) electrons. The van der Waals surface area contributed by atoms with Crippen LogP contribution in [0.5, 0.6) is 11.5 Å². The van der Waals surface area contributed by atoms with Gasteiger partial charge in [0, 0.05) is 5.56 Å². The first-order valence-corrected chi connectivity index (χ1v) is 8.78. The second-order valence-electron chi connectivity index (χ2n) is 6.06. The summed E-state index contributed by atoms with van der Waals surface area (Å²) in [5.74, 6) is -1.16. The maximum atomic E-state index is 12.3. The molecule has 30 heavy (non-hydrogen) atoms. The third kappa shape index (κ3) is 4.96. The lowest BCUT2D eigenvalue weighted by Crippen LogP contribution is -2.11. The third-order valence-electron chi connectivity index (χ3n) is 4.07. The predicted octanol–water partition coefficient (Wildman–Crippen LogP) is 3.72. The van der Waals surface area contributed by atoms with Gasteiger partial charge in [-0.3, -0.25) is 4.79 Å². The summed E-state index contributed by atoms with van der Waals surface area (Å²) in [6, 6.07) is 17.8. The van der Waals surface area contributed by atoms with Crippen molar-refractivity contribution < 1.29 is 33.4 Å². The Labute approximate surface area is 171 Å². The fraction of sp³-hybridized carbons (Fsp3) is 0.0435. The van der Waals surface area contributed by atoms with Gasteiger partial charge in [0.2, 0.25) is 0 Å². The fourth-order valence-electron chi connectivity index (χ4n) is 2.47. The number of hydrogen-bond donors (Lipinski definition) is 0. The molecule has 3 aromatic carbocycles. The summed E-state index contributed by atoms with van der Waals surface area (Å²) >= 11 is 0. The Bertz CT molecular complexity index is 1070. The maximum absolute atomic E-state index is 12.3. The van der Waals surface area contributed by atoms with Crippen LogP contribution in [-0.4, -0.2) is 31.3 Å². The van der Waals surface area contributed by atoms with Gasteiger partial charge in [-0.15, -0.1) is 0 Å². The predicted molar refractivity (Wildman–Crippen MR) is 106 cm³/mol. The summed E-state index contributed by atoms with van der Waals surface area (Å²) in [5.41, 5.74) is 1.28. The van der Waals surface area contributed by atoms with Gasteiger partial charge in [-0.2, -0.15) is 0 Å². The zero-order chi connectivity index (χ0) is 21.5. The van der Waals surface area contributed by atoms with E-state index < -0.39 is 17.9 Å². The Balaban J connectivity index is 1.62. The Morgan fingerprint density at radius 2 is 0.967 bits per heavy atom. The molecule has 0 spiro atoms. The van der Waals surface area contributed by atoms with Crippen molar-refractivity contribution >= 4 is 24.2 Å². The molecule has 0 fully saturated rings. The van der Waals surface area contributed by atoms with Gasteiger partial charge in [-0.1, -0.05) is 0 Å². The van der Waals surface area contributed by atoms with E-state index in [1.807, 2.05) is 0 Å². The second-order valence-corrected chi connectivity index (χ2v) is 6.06. The van der Waals surface area contributed by atoms with E-state index in [0.717, 1.165) is 0 Å². The van der Waals surface area contributed by atoms with Crippen LogP contribution in [0.15, 0.2) is 72.8 Å². The van der Waals surface area contributed by atoms with Crippen molar-refractivity contribution in [3.63, 3.8) is 0 Å². The van der Waals surface area contributed by atoms with Crippen LogP contribution in [0.2, 0.25) is 0 Å². The van der Waals surface area contributed by atoms with E-state index in [-0.39, 0.29) is 16.9 Å². The van der Waals surface area contributed by atoms with Gasteiger partial charge in [0.05, 0.1) is 23.8 Å². The minimum atomic E-state index is -0.620. The molecule has 0 aliphatic heterocycles. The van der Waals surface area contributed by atoms with Crippen LogP contribution < -0.4 is 9.47 Å². The summed E-state index contributed by atoms with van der Waals surface area (Å²) in [6.45, 7) is 0. The summed E-state index contributed by atoms with van der Waals surface area (Å²) in [7, 11) is 1.28. The largest absolute Gasteiger partial charge is 0.465 e. The molecule has 7 nitrogen and oxygen atoms in total. The Morgan fingerprint density at radius 3 is 1.37 bits per heavy atom. The molecule has 0 atom stereocenters. The van der Waals surface area contributed by atoms with E-state index in [9.17, 15) is 19.2 Å². The fourth-order valence-corrected chi connectivity index (χ4v) is 2.47. The van der Waals surface area contributed by atoms with Gasteiger partial charge in [0.15, 0.2) is 0 Å². The zero-order valence-corrected chi connectivity index (χ0v) is 15.9. The number of methoxy groups -OCH3 is 1. The lowest BCUT2D eigenvalue weighted by Gasteiger charge is -2.07. The summed E-state index contributed by atoms with van der Waals surface area (Å²) < 4.78 is 15.1. The smallest absolute Gasteiger partial charge is 0.343 e. The summed E-state index contributed by atoms with van der Waals surface area (Å²) in [4.78, 5) is 46.5. The van der Waals surface area contributed by atoms with Crippen molar-refractivity contribution in [2.75, 3.05) is 7.11 Å². The highest BCUT2D eigenvalue weighted by Gasteiger charge is 2.13. The number of carbonyl (C=O) groups is 4. The van der Waals surface area contributed by atoms with Crippen LogP contribution in [0.4, 0.5) is 0 Å².